The maximum absolute atomic E-state index is 12.3. The summed E-state index contributed by atoms with van der Waals surface area (Å²) in [4.78, 5) is 13.6. The molecule has 0 fully saturated rings. The summed E-state index contributed by atoms with van der Waals surface area (Å²) in [6.45, 7) is 4.15. The molecule has 0 aliphatic carbocycles. The summed E-state index contributed by atoms with van der Waals surface area (Å²) in [6.07, 6.45) is 0.853. The van der Waals surface area contributed by atoms with Crippen molar-refractivity contribution in [1.29, 1.82) is 0 Å². The molecule has 0 spiro atoms. The number of H-pyrrole nitrogens is 1. The molecule has 0 aliphatic heterocycles. The number of tetrazole rings is 1. The minimum absolute atomic E-state index is 0.181. The van der Waals surface area contributed by atoms with E-state index in [-0.39, 0.29) is 5.91 Å². The molecule has 0 saturated carbocycles. The van der Waals surface area contributed by atoms with Crippen molar-refractivity contribution in [3.63, 3.8) is 0 Å². The molecule has 1 atom stereocenters. The van der Waals surface area contributed by atoms with E-state index in [1.54, 1.807) is 6.92 Å². The third kappa shape index (κ3) is 3.48. The molecule has 8 nitrogen and oxygen atoms in total. The monoisotopic (exact) mass is 325 g/mol. The molecular formula is C16H19N7O. The van der Waals surface area contributed by atoms with Gasteiger partial charge in [-0.1, -0.05) is 37.3 Å². The fourth-order valence-corrected chi connectivity index (χ4v) is 2.21. The third-order valence-corrected chi connectivity index (χ3v) is 3.69. The van der Waals surface area contributed by atoms with Gasteiger partial charge in [-0.05, 0) is 24.6 Å². The van der Waals surface area contributed by atoms with Crippen LogP contribution in [0.4, 0.5) is 0 Å². The van der Waals surface area contributed by atoms with Gasteiger partial charge in [0.15, 0.2) is 0 Å². The van der Waals surface area contributed by atoms with Crippen LogP contribution in [0.15, 0.2) is 36.4 Å². The molecule has 2 heterocycles. The van der Waals surface area contributed by atoms with Gasteiger partial charge in [-0.3, -0.25) is 9.89 Å². The van der Waals surface area contributed by atoms with Crippen LogP contribution in [0.25, 0.3) is 11.4 Å². The van der Waals surface area contributed by atoms with Crippen LogP contribution in [0.2, 0.25) is 0 Å². The van der Waals surface area contributed by atoms with Gasteiger partial charge in [-0.15, -0.1) is 10.2 Å². The van der Waals surface area contributed by atoms with Crippen molar-refractivity contribution >= 4 is 5.91 Å². The summed E-state index contributed by atoms with van der Waals surface area (Å²) in [6, 6.07) is 10.9. The number of hydrogen-bond donors (Lipinski definition) is 2. The van der Waals surface area contributed by atoms with Crippen LogP contribution in [0.1, 0.15) is 31.3 Å². The molecule has 24 heavy (non-hydrogen) atoms. The number of benzene rings is 1. The third-order valence-electron chi connectivity index (χ3n) is 3.69. The lowest BCUT2D eigenvalue weighted by atomic mass is 10.2. The molecule has 0 aliphatic rings. The van der Waals surface area contributed by atoms with E-state index in [1.165, 1.54) is 4.80 Å². The zero-order valence-electron chi connectivity index (χ0n) is 13.6. The fraction of sp³-hybridized carbons (Fsp3) is 0.312. The number of amides is 1. The number of aromatic amines is 1. The second kappa shape index (κ2) is 7.03. The highest BCUT2D eigenvalue weighted by atomic mass is 16.2. The SMILES string of the molecule is CCc1cc(CNC(=O)C(C)n2nnc(-c3ccccc3)n2)[nH]n1. The number of carbonyl (C=O) groups is 1. The topological polar surface area (TPSA) is 101 Å². The van der Waals surface area contributed by atoms with Gasteiger partial charge in [-0.2, -0.15) is 9.90 Å². The minimum atomic E-state index is -0.552. The number of aromatic nitrogens is 6. The first-order valence-corrected chi connectivity index (χ1v) is 7.83. The Hall–Kier alpha value is -3.03. The van der Waals surface area contributed by atoms with E-state index in [9.17, 15) is 4.79 Å². The van der Waals surface area contributed by atoms with Crippen LogP contribution in [0.3, 0.4) is 0 Å². The Kier molecular flexibility index (Phi) is 4.64. The molecule has 0 bridgehead atoms. The summed E-state index contributed by atoms with van der Waals surface area (Å²) in [5.41, 5.74) is 2.70. The number of rotatable bonds is 6. The van der Waals surface area contributed by atoms with Crippen LogP contribution in [-0.2, 0) is 17.8 Å². The molecule has 124 valence electrons. The highest BCUT2D eigenvalue weighted by molar-refractivity contribution is 5.79. The molecule has 1 amide bonds. The van der Waals surface area contributed by atoms with Crippen molar-refractivity contribution in [2.75, 3.05) is 0 Å². The predicted molar refractivity (Wildman–Crippen MR) is 87.8 cm³/mol. The standard InChI is InChI=1S/C16H19N7O/c1-3-13-9-14(19-18-13)10-17-16(24)11(2)23-21-15(20-22-23)12-7-5-4-6-8-12/h4-9,11H,3,10H2,1-2H3,(H,17,24)(H,18,19). The lowest BCUT2D eigenvalue weighted by Gasteiger charge is -2.09. The van der Waals surface area contributed by atoms with Crippen molar-refractivity contribution < 1.29 is 4.79 Å². The first-order valence-electron chi connectivity index (χ1n) is 7.83. The summed E-state index contributed by atoms with van der Waals surface area (Å²) >= 11 is 0. The van der Waals surface area contributed by atoms with Crippen LogP contribution in [0.5, 0.6) is 0 Å². The minimum Gasteiger partial charge on any atom is -0.349 e. The molecular weight excluding hydrogens is 306 g/mol. The Labute approximate surface area is 139 Å². The smallest absolute Gasteiger partial charge is 0.246 e. The Balaban J connectivity index is 1.62. The van der Waals surface area contributed by atoms with Crippen LogP contribution < -0.4 is 5.32 Å². The van der Waals surface area contributed by atoms with Crippen molar-refractivity contribution in [1.82, 2.24) is 35.7 Å². The Morgan fingerprint density at radius 3 is 2.83 bits per heavy atom. The number of nitrogens with one attached hydrogen (secondary N) is 2. The summed E-state index contributed by atoms with van der Waals surface area (Å²) in [5, 5.41) is 22.2. The van der Waals surface area contributed by atoms with Gasteiger partial charge in [0.05, 0.1) is 17.9 Å². The fourth-order valence-electron chi connectivity index (χ4n) is 2.21. The molecule has 8 heteroatoms. The average Bonchev–Trinajstić information content (AvgIpc) is 3.29. The predicted octanol–water partition coefficient (Wildman–Crippen LogP) is 1.50. The molecule has 3 aromatic rings. The molecule has 2 aromatic heterocycles. The maximum Gasteiger partial charge on any atom is 0.246 e. The Morgan fingerprint density at radius 2 is 2.12 bits per heavy atom. The number of hydrogen-bond acceptors (Lipinski definition) is 5. The quantitative estimate of drug-likeness (QED) is 0.715. The van der Waals surface area contributed by atoms with Gasteiger partial charge in [0.2, 0.25) is 11.7 Å². The van der Waals surface area contributed by atoms with Gasteiger partial charge in [0.1, 0.15) is 6.04 Å². The van der Waals surface area contributed by atoms with E-state index < -0.39 is 6.04 Å². The molecule has 3 rings (SSSR count). The first kappa shape index (κ1) is 15.9. The van der Waals surface area contributed by atoms with Gasteiger partial charge >= 0.3 is 0 Å². The zero-order chi connectivity index (χ0) is 16.9. The van der Waals surface area contributed by atoms with Crippen molar-refractivity contribution in [2.45, 2.75) is 32.9 Å². The Bertz CT molecular complexity index is 809. The molecule has 1 aromatic carbocycles. The van der Waals surface area contributed by atoms with Crippen molar-refractivity contribution in [3.05, 3.63) is 47.8 Å². The second-order valence-electron chi connectivity index (χ2n) is 5.43. The average molecular weight is 325 g/mol. The lowest BCUT2D eigenvalue weighted by Crippen LogP contribution is -2.31. The lowest BCUT2D eigenvalue weighted by molar-refractivity contribution is -0.124. The largest absolute Gasteiger partial charge is 0.349 e. The molecule has 0 saturated heterocycles. The first-order chi connectivity index (χ1) is 11.7. The summed E-state index contributed by atoms with van der Waals surface area (Å²) < 4.78 is 0. The zero-order valence-corrected chi connectivity index (χ0v) is 13.6. The van der Waals surface area contributed by atoms with Gasteiger partial charge in [0, 0.05) is 5.56 Å². The number of carbonyl (C=O) groups excluding carboxylic acids is 1. The highest BCUT2D eigenvalue weighted by Gasteiger charge is 2.18. The number of nitrogens with zero attached hydrogens (tertiary/aromatic N) is 5. The molecule has 0 radical (unpaired) electrons. The number of aryl methyl sites for hydroxylation is 1. The van der Waals surface area contributed by atoms with Crippen molar-refractivity contribution in [2.24, 2.45) is 0 Å². The van der Waals surface area contributed by atoms with Gasteiger partial charge in [-0.25, -0.2) is 0 Å². The van der Waals surface area contributed by atoms with Crippen LogP contribution >= 0.6 is 0 Å². The molecule has 1 unspecified atom stereocenters. The van der Waals surface area contributed by atoms with Crippen molar-refractivity contribution in [3.8, 4) is 11.4 Å². The second-order valence-corrected chi connectivity index (χ2v) is 5.43. The summed E-state index contributed by atoms with van der Waals surface area (Å²) in [7, 11) is 0. The van der Waals surface area contributed by atoms with E-state index in [0.29, 0.717) is 12.4 Å². The van der Waals surface area contributed by atoms with E-state index in [4.69, 9.17) is 0 Å². The van der Waals surface area contributed by atoms with E-state index in [2.05, 4.69) is 30.9 Å². The highest BCUT2D eigenvalue weighted by Crippen LogP contribution is 2.13. The summed E-state index contributed by atoms with van der Waals surface area (Å²) in [5.74, 6) is 0.316. The molecule has 2 N–H and O–H groups in total. The Morgan fingerprint density at radius 1 is 1.33 bits per heavy atom. The maximum atomic E-state index is 12.3. The van der Waals surface area contributed by atoms with Gasteiger partial charge < -0.3 is 5.32 Å². The van der Waals surface area contributed by atoms with E-state index in [1.807, 2.05) is 43.3 Å². The van der Waals surface area contributed by atoms with Crippen LogP contribution in [0, 0.1) is 0 Å². The normalized spacial score (nSPS) is 12.1. The van der Waals surface area contributed by atoms with Gasteiger partial charge in [0.25, 0.3) is 0 Å². The van der Waals surface area contributed by atoms with Crippen LogP contribution in [-0.4, -0.2) is 36.3 Å². The van der Waals surface area contributed by atoms with E-state index >= 15 is 0 Å². The van der Waals surface area contributed by atoms with E-state index in [0.717, 1.165) is 23.4 Å².